The Bertz CT molecular complexity index is 912. The largest absolute Gasteiger partial charge is 0.493 e. The summed E-state index contributed by atoms with van der Waals surface area (Å²) >= 11 is 0. The molecule has 0 unspecified atom stereocenters. The molecular formula is C20H21F3N2O5. The minimum atomic E-state index is -1.69. The van der Waals surface area contributed by atoms with E-state index in [2.05, 4.69) is 10.6 Å². The number of halogens is 3. The van der Waals surface area contributed by atoms with Crippen LogP contribution in [0.15, 0.2) is 24.3 Å². The Morgan fingerprint density at radius 3 is 2.10 bits per heavy atom. The lowest BCUT2D eigenvalue weighted by atomic mass is 10.1. The fourth-order valence-electron chi connectivity index (χ4n) is 2.62. The lowest BCUT2D eigenvalue weighted by Crippen LogP contribution is -2.33. The molecule has 10 heteroatoms. The highest BCUT2D eigenvalue weighted by molar-refractivity contribution is 5.94. The van der Waals surface area contributed by atoms with Crippen LogP contribution >= 0.6 is 0 Å². The number of methoxy groups -OCH3 is 3. The van der Waals surface area contributed by atoms with Crippen molar-refractivity contribution < 1.29 is 37.0 Å². The van der Waals surface area contributed by atoms with Crippen molar-refractivity contribution in [1.82, 2.24) is 5.32 Å². The fraction of sp³-hybridized carbons (Fsp3) is 0.300. The van der Waals surface area contributed by atoms with Gasteiger partial charge in [-0.3, -0.25) is 9.59 Å². The molecule has 2 aromatic carbocycles. The van der Waals surface area contributed by atoms with Crippen LogP contribution in [0.25, 0.3) is 0 Å². The number of hydrogen-bond acceptors (Lipinski definition) is 5. The molecule has 0 saturated carbocycles. The highest BCUT2D eigenvalue weighted by atomic mass is 19.2. The number of ether oxygens (including phenoxy) is 3. The van der Waals surface area contributed by atoms with Gasteiger partial charge in [-0.05, 0) is 36.2 Å². The molecule has 0 spiro atoms. The first-order valence-corrected chi connectivity index (χ1v) is 8.79. The van der Waals surface area contributed by atoms with Crippen molar-refractivity contribution in [2.24, 2.45) is 0 Å². The van der Waals surface area contributed by atoms with Crippen LogP contribution in [0.1, 0.15) is 12.0 Å². The van der Waals surface area contributed by atoms with Crippen LogP contribution in [0, 0.1) is 17.5 Å². The Hall–Kier alpha value is -3.43. The molecule has 2 aromatic rings. The Kier molecular flexibility index (Phi) is 7.90. The normalized spacial score (nSPS) is 10.3. The monoisotopic (exact) mass is 426 g/mol. The summed E-state index contributed by atoms with van der Waals surface area (Å²) in [6.45, 7) is -0.466. The van der Waals surface area contributed by atoms with Gasteiger partial charge in [0, 0.05) is 6.42 Å². The van der Waals surface area contributed by atoms with E-state index in [4.69, 9.17) is 14.2 Å². The number of carbonyl (C=O) groups is 2. The minimum absolute atomic E-state index is 0.0471. The molecule has 30 heavy (non-hydrogen) atoms. The summed E-state index contributed by atoms with van der Waals surface area (Å²) < 4.78 is 55.4. The number of rotatable bonds is 9. The lowest BCUT2D eigenvalue weighted by Gasteiger charge is -2.14. The third kappa shape index (κ3) is 5.56. The molecule has 2 rings (SSSR count). The zero-order valence-corrected chi connectivity index (χ0v) is 16.6. The van der Waals surface area contributed by atoms with E-state index < -0.39 is 41.5 Å². The molecule has 0 atom stereocenters. The number of benzene rings is 2. The molecule has 0 saturated heterocycles. The quantitative estimate of drug-likeness (QED) is 0.603. The summed E-state index contributed by atoms with van der Waals surface area (Å²) in [5.74, 6) is -4.50. The zero-order chi connectivity index (χ0) is 22.3. The molecule has 162 valence electrons. The second-order valence-electron chi connectivity index (χ2n) is 6.08. The molecule has 0 aliphatic heterocycles. The SMILES string of the molecule is COc1cc(CCC(=O)NCC(=O)Nc2ccc(F)c(F)c2F)cc(OC)c1OC. The minimum Gasteiger partial charge on any atom is -0.493 e. The van der Waals surface area contributed by atoms with E-state index in [1.807, 2.05) is 0 Å². The van der Waals surface area contributed by atoms with Crippen LogP contribution in [0.5, 0.6) is 17.2 Å². The summed E-state index contributed by atoms with van der Waals surface area (Å²) in [6, 6.07) is 4.97. The first kappa shape index (κ1) is 22.9. The van der Waals surface area contributed by atoms with Gasteiger partial charge in [0.2, 0.25) is 17.6 Å². The average Bonchev–Trinajstić information content (AvgIpc) is 2.75. The van der Waals surface area contributed by atoms with Gasteiger partial charge in [0.1, 0.15) is 0 Å². The third-order valence-corrected chi connectivity index (χ3v) is 4.12. The van der Waals surface area contributed by atoms with Gasteiger partial charge in [-0.15, -0.1) is 0 Å². The maximum atomic E-state index is 13.6. The molecule has 0 fully saturated rings. The summed E-state index contributed by atoms with van der Waals surface area (Å²) in [6.07, 6.45) is 0.368. The Labute approximate surface area is 171 Å². The van der Waals surface area contributed by atoms with Gasteiger partial charge in [0.15, 0.2) is 29.0 Å². The molecule has 0 aliphatic rings. The first-order valence-electron chi connectivity index (χ1n) is 8.79. The fourth-order valence-corrected chi connectivity index (χ4v) is 2.62. The van der Waals surface area contributed by atoms with Crippen molar-refractivity contribution >= 4 is 17.5 Å². The molecule has 0 aromatic heterocycles. The van der Waals surface area contributed by atoms with Crippen LogP contribution in [-0.2, 0) is 16.0 Å². The number of aryl methyl sites for hydroxylation is 1. The van der Waals surface area contributed by atoms with Gasteiger partial charge < -0.3 is 24.8 Å². The van der Waals surface area contributed by atoms with E-state index >= 15 is 0 Å². The molecule has 7 nitrogen and oxygen atoms in total. The van der Waals surface area contributed by atoms with Crippen molar-refractivity contribution in [2.75, 3.05) is 33.2 Å². The second kappa shape index (κ2) is 10.4. The van der Waals surface area contributed by atoms with Crippen LogP contribution in [-0.4, -0.2) is 39.7 Å². The number of hydrogen-bond donors (Lipinski definition) is 2. The first-order chi connectivity index (χ1) is 14.3. The molecule has 0 heterocycles. The van der Waals surface area contributed by atoms with E-state index in [-0.39, 0.29) is 6.42 Å². The molecule has 2 amide bonds. The van der Waals surface area contributed by atoms with Crippen LogP contribution in [0.3, 0.4) is 0 Å². The van der Waals surface area contributed by atoms with Crippen molar-refractivity contribution in [2.45, 2.75) is 12.8 Å². The summed E-state index contributed by atoms with van der Waals surface area (Å²) in [5.41, 5.74) is 0.221. The number of nitrogens with one attached hydrogen (secondary N) is 2. The van der Waals surface area contributed by atoms with E-state index in [0.29, 0.717) is 29.7 Å². The van der Waals surface area contributed by atoms with Crippen molar-refractivity contribution in [1.29, 1.82) is 0 Å². The molecule has 2 N–H and O–H groups in total. The maximum absolute atomic E-state index is 13.6. The van der Waals surface area contributed by atoms with Crippen molar-refractivity contribution in [3.05, 3.63) is 47.3 Å². The standard InChI is InChI=1S/C20H21F3N2O5/c1-28-14-8-11(9-15(29-2)20(14)30-3)4-7-16(26)24-10-17(27)25-13-6-5-12(21)18(22)19(13)23/h5-6,8-9H,4,7,10H2,1-3H3,(H,24,26)(H,25,27). The summed E-state index contributed by atoms with van der Waals surface area (Å²) in [4.78, 5) is 23.8. The Balaban J connectivity index is 1.89. The van der Waals surface area contributed by atoms with Crippen molar-refractivity contribution in [3.63, 3.8) is 0 Å². The van der Waals surface area contributed by atoms with Crippen LogP contribution < -0.4 is 24.8 Å². The number of anilines is 1. The van der Waals surface area contributed by atoms with Gasteiger partial charge in [-0.25, -0.2) is 13.2 Å². The third-order valence-electron chi connectivity index (χ3n) is 4.12. The summed E-state index contributed by atoms with van der Waals surface area (Å²) in [5, 5.41) is 4.44. The summed E-state index contributed by atoms with van der Waals surface area (Å²) in [7, 11) is 4.43. The molecule has 0 radical (unpaired) electrons. The van der Waals surface area contributed by atoms with Gasteiger partial charge in [0.25, 0.3) is 0 Å². The highest BCUT2D eigenvalue weighted by Crippen LogP contribution is 2.38. The smallest absolute Gasteiger partial charge is 0.243 e. The molecular weight excluding hydrogens is 405 g/mol. The van der Waals surface area contributed by atoms with Gasteiger partial charge >= 0.3 is 0 Å². The van der Waals surface area contributed by atoms with Crippen LogP contribution in [0.4, 0.5) is 18.9 Å². The Morgan fingerprint density at radius 2 is 1.53 bits per heavy atom. The zero-order valence-electron chi connectivity index (χ0n) is 16.6. The van der Waals surface area contributed by atoms with Gasteiger partial charge in [-0.2, -0.15) is 0 Å². The van der Waals surface area contributed by atoms with E-state index in [1.165, 1.54) is 21.3 Å². The predicted molar refractivity (Wildman–Crippen MR) is 102 cm³/mol. The van der Waals surface area contributed by atoms with Gasteiger partial charge in [0.05, 0.1) is 33.6 Å². The number of carbonyl (C=O) groups excluding carboxylic acids is 2. The van der Waals surface area contributed by atoms with E-state index in [1.54, 1.807) is 12.1 Å². The highest BCUT2D eigenvalue weighted by Gasteiger charge is 2.16. The topological polar surface area (TPSA) is 85.9 Å². The molecule has 0 bridgehead atoms. The van der Waals surface area contributed by atoms with Gasteiger partial charge in [-0.1, -0.05) is 0 Å². The van der Waals surface area contributed by atoms with Crippen molar-refractivity contribution in [3.8, 4) is 17.2 Å². The van der Waals surface area contributed by atoms with Crippen LogP contribution in [0.2, 0.25) is 0 Å². The molecule has 0 aliphatic carbocycles. The number of amides is 2. The average molecular weight is 426 g/mol. The maximum Gasteiger partial charge on any atom is 0.243 e. The lowest BCUT2D eigenvalue weighted by molar-refractivity contribution is -0.124. The Morgan fingerprint density at radius 1 is 0.900 bits per heavy atom. The van der Waals surface area contributed by atoms with E-state index in [0.717, 1.165) is 11.6 Å². The van der Waals surface area contributed by atoms with E-state index in [9.17, 15) is 22.8 Å². The predicted octanol–water partition coefficient (Wildman–Crippen LogP) is 2.82. The second-order valence-corrected chi connectivity index (χ2v) is 6.08.